The van der Waals surface area contributed by atoms with Crippen molar-refractivity contribution in [1.82, 2.24) is 4.90 Å². The van der Waals surface area contributed by atoms with Crippen molar-refractivity contribution in [3.63, 3.8) is 0 Å². The molecule has 1 unspecified atom stereocenters. The zero-order valence-electron chi connectivity index (χ0n) is 13.1. The summed E-state index contributed by atoms with van der Waals surface area (Å²) in [6.07, 6.45) is 4.05. The Morgan fingerprint density at radius 1 is 0.818 bits per heavy atom. The fourth-order valence-electron chi connectivity index (χ4n) is 3.42. The monoisotopic (exact) mass is 295 g/mol. The normalized spacial score (nSPS) is 21.9. The molecule has 0 amide bonds. The minimum Gasteiger partial charge on any atom is -0.393 e. The summed E-state index contributed by atoms with van der Waals surface area (Å²) in [7, 11) is 0. The average molecular weight is 295 g/mol. The van der Waals surface area contributed by atoms with Crippen molar-refractivity contribution in [2.45, 2.75) is 50.9 Å². The van der Waals surface area contributed by atoms with Gasteiger partial charge in [0, 0.05) is 19.1 Å². The first kappa shape index (κ1) is 15.3. The molecule has 1 aliphatic rings. The molecule has 2 aromatic carbocycles. The SMILES string of the molecule is O[C@H]1CCCC(N(Cc2ccccc2)Cc2ccccc2)C1. The van der Waals surface area contributed by atoms with Gasteiger partial charge in [-0.15, -0.1) is 0 Å². The van der Waals surface area contributed by atoms with Crippen molar-refractivity contribution in [3.8, 4) is 0 Å². The third-order valence-electron chi connectivity index (χ3n) is 4.59. The maximum atomic E-state index is 10.0. The zero-order chi connectivity index (χ0) is 15.2. The molecule has 22 heavy (non-hydrogen) atoms. The highest BCUT2D eigenvalue weighted by Crippen LogP contribution is 2.26. The number of hydrogen-bond acceptors (Lipinski definition) is 2. The Morgan fingerprint density at radius 3 is 1.86 bits per heavy atom. The number of aliphatic hydroxyl groups is 1. The van der Waals surface area contributed by atoms with Crippen LogP contribution in [0.5, 0.6) is 0 Å². The summed E-state index contributed by atoms with van der Waals surface area (Å²) in [6.45, 7) is 1.90. The van der Waals surface area contributed by atoms with Gasteiger partial charge in [0.1, 0.15) is 0 Å². The number of nitrogens with zero attached hydrogens (tertiary/aromatic N) is 1. The van der Waals surface area contributed by atoms with Crippen LogP contribution < -0.4 is 0 Å². The molecule has 1 N–H and O–H groups in total. The second-order valence-corrected chi connectivity index (χ2v) is 6.35. The lowest BCUT2D eigenvalue weighted by molar-refractivity contribution is 0.0542. The van der Waals surface area contributed by atoms with Gasteiger partial charge < -0.3 is 5.11 Å². The maximum Gasteiger partial charge on any atom is 0.0555 e. The van der Waals surface area contributed by atoms with Crippen molar-refractivity contribution in [1.29, 1.82) is 0 Å². The summed E-state index contributed by atoms with van der Waals surface area (Å²) in [4.78, 5) is 2.53. The molecule has 2 atom stereocenters. The summed E-state index contributed by atoms with van der Waals surface area (Å²) >= 11 is 0. The fraction of sp³-hybridized carbons (Fsp3) is 0.400. The molecule has 0 spiro atoms. The third-order valence-corrected chi connectivity index (χ3v) is 4.59. The first-order chi connectivity index (χ1) is 10.8. The van der Waals surface area contributed by atoms with E-state index in [1.807, 2.05) is 0 Å². The van der Waals surface area contributed by atoms with E-state index in [4.69, 9.17) is 0 Å². The van der Waals surface area contributed by atoms with Crippen LogP contribution in [0, 0.1) is 0 Å². The second kappa shape index (κ2) is 7.57. The minimum absolute atomic E-state index is 0.132. The number of aliphatic hydroxyl groups excluding tert-OH is 1. The smallest absolute Gasteiger partial charge is 0.0555 e. The number of rotatable bonds is 5. The number of hydrogen-bond donors (Lipinski definition) is 1. The Bertz CT molecular complexity index is 513. The lowest BCUT2D eigenvalue weighted by Crippen LogP contribution is -2.39. The first-order valence-corrected chi connectivity index (χ1v) is 8.31. The highest BCUT2D eigenvalue weighted by molar-refractivity contribution is 5.17. The first-order valence-electron chi connectivity index (χ1n) is 8.31. The summed E-state index contributed by atoms with van der Waals surface area (Å²) in [6, 6.07) is 21.8. The van der Waals surface area contributed by atoms with Crippen molar-refractivity contribution >= 4 is 0 Å². The van der Waals surface area contributed by atoms with Gasteiger partial charge in [-0.05, 0) is 36.8 Å². The van der Waals surface area contributed by atoms with Crippen LogP contribution >= 0.6 is 0 Å². The van der Waals surface area contributed by atoms with Crippen LogP contribution in [0.3, 0.4) is 0 Å². The minimum atomic E-state index is -0.132. The van der Waals surface area contributed by atoms with Gasteiger partial charge in [-0.3, -0.25) is 4.90 Å². The van der Waals surface area contributed by atoms with Gasteiger partial charge in [-0.2, -0.15) is 0 Å². The molecule has 2 nitrogen and oxygen atoms in total. The lowest BCUT2D eigenvalue weighted by atomic mass is 9.91. The Kier molecular flexibility index (Phi) is 5.25. The molecule has 0 aliphatic heterocycles. The summed E-state index contributed by atoms with van der Waals surface area (Å²) in [5, 5.41) is 10.0. The standard InChI is InChI=1S/C20H25NO/c22-20-13-7-12-19(14-20)21(15-17-8-3-1-4-9-17)16-18-10-5-2-6-11-18/h1-6,8-11,19-20,22H,7,12-16H2/t19?,20-/m0/s1. The largest absolute Gasteiger partial charge is 0.393 e. The van der Waals surface area contributed by atoms with E-state index in [1.165, 1.54) is 17.5 Å². The molecule has 1 fully saturated rings. The van der Waals surface area contributed by atoms with Crippen LogP contribution in [0.1, 0.15) is 36.8 Å². The van der Waals surface area contributed by atoms with Gasteiger partial charge >= 0.3 is 0 Å². The van der Waals surface area contributed by atoms with Crippen molar-refractivity contribution in [2.75, 3.05) is 0 Å². The predicted molar refractivity (Wildman–Crippen MR) is 90.4 cm³/mol. The van der Waals surface area contributed by atoms with Crippen LogP contribution in [0.25, 0.3) is 0 Å². The molecule has 3 rings (SSSR count). The van der Waals surface area contributed by atoms with Crippen LogP contribution in [0.4, 0.5) is 0 Å². The molecule has 2 heteroatoms. The van der Waals surface area contributed by atoms with E-state index in [0.29, 0.717) is 6.04 Å². The summed E-state index contributed by atoms with van der Waals surface area (Å²) < 4.78 is 0. The molecule has 116 valence electrons. The molecule has 0 saturated heterocycles. The highest BCUT2D eigenvalue weighted by Gasteiger charge is 2.25. The van der Waals surface area contributed by atoms with Crippen LogP contribution in [-0.2, 0) is 13.1 Å². The molecule has 0 aromatic heterocycles. The average Bonchev–Trinajstić information content (AvgIpc) is 2.56. The van der Waals surface area contributed by atoms with Crippen molar-refractivity contribution < 1.29 is 5.11 Å². The molecule has 1 saturated carbocycles. The molecule has 0 bridgehead atoms. The molecular weight excluding hydrogens is 270 g/mol. The Balaban J connectivity index is 1.75. The van der Waals surface area contributed by atoms with Gasteiger partial charge in [-0.25, -0.2) is 0 Å². The molecular formula is C20H25NO. The van der Waals surface area contributed by atoms with Gasteiger partial charge in [0.25, 0.3) is 0 Å². The van der Waals surface area contributed by atoms with Crippen LogP contribution in [0.15, 0.2) is 60.7 Å². The summed E-state index contributed by atoms with van der Waals surface area (Å²) in [5.74, 6) is 0. The van der Waals surface area contributed by atoms with E-state index < -0.39 is 0 Å². The van der Waals surface area contributed by atoms with Gasteiger partial charge in [0.05, 0.1) is 6.10 Å². The van der Waals surface area contributed by atoms with E-state index in [-0.39, 0.29) is 6.10 Å². The Hall–Kier alpha value is -1.64. The maximum absolute atomic E-state index is 10.0. The Morgan fingerprint density at radius 2 is 1.36 bits per heavy atom. The molecule has 0 heterocycles. The van der Waals surface area contributed by atoms with Crippen molar-refractivity contribution in [2.24, 2.45) is 0 Å². The quantitative estimate of drug-likeness (QED) is 0.901. The van der Waals surface area contributed by atoms with E-state index in [2.05, 4.69) is 65.6 Å². The third kappa shape index (κ3) is 4.19. The highest BCUT2D eigenvalue weighted by atomic mass is 16.3. The van der Waals surface area contributed by atoms with E-state index >= 15 is 0 Å². The molecule has 1 aliphatic carbocycles. The fourth-order valence-corrected chi connectivity index (χ4v) is 3.42. The van der Waals surface area contributed by atoms with Crippen LogP contribution in [-0.4, -0.2) is 22.2 Å². The predicted octanol–water partition coefficient (Wildman–Crippen LogP) is 3.99. The lowest BCUT2D eigenvalue weighted by Gasteiger charge is -2.36. The van der Waals surface area contributed by atoms with Gasteiger partial charge in [-0.1, -0.05) is 60.7 Å². The van der Waals surface area contributed by atoms with E-state index in [9.17, 15) is 5.11 Å². The molecule has 0 radical (unpaired) electrons. The van der Waals surface area contributed by atoms with Gasteiger partial charge in [0.15, 0.2) is 0 Å². The van der Waals surface area contributed by atoms with Crippen molar-refractivity contribution in [3.05, 3.63) is 71.8 Å². The summed E-state index contributed by atoms with van der Waals surface area (Å²) in [5.41, 5.74) is 2.69. The van der Waals surface area contributed by atoms with Crippen LogP contribution in [0.2, 0.25) is 0 Å². The number of benzene rings is 2. The Labute approximate surface area is 133 Å². The topological polar surface area (TPSA) is 23.5 Å². The van der Waals surface area contributed by atoms with E-state index in [0.717, 1.165) is 32.4 Å². The van der Waals surface area contributed by atoms with E-state index in [1.54, 1.807) is 0 Å². The second-order valence-electron chi connectivity index (χ2n) is 6.35. The van der Waals surface area contributed by atoms with Gasteiger partial charge in [0.2, 0.25) is 0 Å². The molecule has 2 aromatic rings. The zero-order valence-corrected chi connectivity index (χ0v) is 13.1.